The predicted octanol–water partition coefficient (Wildman–Crippen LogP) is 6.48. The Morgan fingerprint density at radius 2 is 1.07 bits per heavy atom. The van der Waals surface area contributed by atoms with Crippen molar-refractivity contribution in [1.29, 1.82) is 0 Å². The molecule has 0 bridgehead atoms. The molecular weight excluding hydrogens is 365 g/mol. The van der Waals surface area contributed by atoms with Gasteiger partial charge in [-0.1, -0.05) is 24.3 Å². The molecule has 0 aliphatic heterocycles. The van der Waals surface area contributed by atoms with Crippen LogP contribution in [0.1, 0.15) is 5.69 Å². The molecule has 1 N–H and O–H groups in total. The summed E-state index contributed by atoms with van der Waals surface area (Å²) in [4.78, 5) is 3.54. The van der Waals surface area contributed by atoms with Crippen molar-refractivity contribution in [2.45, 2.75) is 6.92 Å². The van der Waals surface area contributed by atoms with Crippen LogP contribution in [0, 0.1) is 12.7 Å². The molecule has 0 unspecified atom stereocenters. The van der Waals surface area contributed by atoms with E-state index in [0.717, 1.165) is 50.7 Å². The standard InChI is InChI=1S/C25H22FNO2/c1-16-23(17-4-10-20(26)11-5-17)24(18-6-12-21(28-2)13-7-18)25(27-16)19-8-14-22(29-3)15-9-19/h4-15,27H,1-3H3. The maximum absolute atomic E-state index is 13.5. The van der Waals surface area contributed by atoms with E-state index in [1.165, 1.54) is 12.1 Å². The highest BCUT2D eigenvalue weighted by Gasteiger charge is 2.20. The first-order chi connectivity index (χ1) is 14.1. The van der Waals surface area contributed by atoms with Gasteiger partial charge in [0.25, 0.3) is 0 Å². The van der Waals surface area contributed by atoms with Gasteiger partial charge in [0, 0.05) is 16.8 Å². The number of ether oxygens (including phenoxy) is 2. The summed E-state index contributed by atoms with van der Waals surface area (Å²) in [5.41, 5.74) is 7.23. The third-order valence-corrected chi connectivity index (χ3v) is 5.08. The third kappa shape index (κ3) is 3.61. The fraction of sp³-hybridized carbons (Fsp3) is 0.120. The molecule has 4 heteroatoms. The largest absolute Gasteiger partial charge is 0.497 e. The maximum Gasteiger partial charge on any atom is 0.123 e. The lowest BCUT2D eigenvalue weighted by molar-refractivity contribution is 0.414. The van der Waals surface area contributed by atoms with Crippen LogP contribution in [0.5, 0.6) is 11.5 Å². The number of aromatic amines is 1. The van der Waals surface area contributed by atoms with Gasteiger partial charge in [0.05, 0.1) is 19.9 Å². The van der Waals surface area contributed by atoms with E-state index in [0.29, 0.717) is 0 Å². The lowest BCUT2D eigenvalue weighted by Gasteiger charge is -2.11. The van der Waals surface area contributed by atoms with Gasteiger partial charge in [-0.25, -0.2) is 4.39 Å². The average molecular weight is 387 g/mol. The normalized spacial score (nSPS) is 10.8. The zero-order chi connectivity index (χ0) is 20.4. The van der Waals surface area contributed by atoms with Crippen LogP contribution in [-0.4, -0.2) is 19.2 Å². The summed E-state index contributed by atoms with van der Waals surface area (Å²) < 4.78 is 24.1. The first kappa shape index (κ1) is 18.8. The number of nitrogens with one attached hydrogen (secondary N) is 1. The van der Waals surface area contributed by atoms with Gasteiger partial charge < -0.3 is 14.5 Å². The summed E-state index contributed by atoms with van der Waals surface area (Å²) >= 11 is 0. The van der Waals surface area contributed by atoms with Crippen LogP contribution < -0.4 is 9.47 Å². The smallest absolute Gasteiger partial charge is 0.123 e. The molecule has 29 heavy (non-hydrogen) atoms. The van der Waals surface area contributed by atoms with Gasteiger partial charge in [0.15, 0.2) is 0 Å². The average Bonchev–Trinajstić information content (AvgIpc) is 3.11. The molecule has 1 heterocycles. The first-order valence-electron chi connectivity index (χ1n) is 9.38. The number of H-pyrrole nitrogens is 1. The molecule has 0 saturated carbocycles. The molecule has 0 saturated heterocycles. The molecule has 4 rings (SSSR count). The van der Waals surface area contributed by atoms with Crippen molar-refractivity contribution in [3.05, 3.63) is 84.3 Å². The summed E-state index contributed by atoms with van der Waals surface area (Å²) in [6, 6.07) is 22.6. The van der Waals surface area contributed by atoms with Gasteiger partial charge in [-0.3, -0.25) is 0 Å². The van der Waals surface area contributed by atoms with Crippen LogP contribution >= 0.6 is 0 Å². The number of aromatic nitrogens is 1. The third-order valence-electron chi connectivity index (χ3n) is 5.08. The molecule has 0 radical (unpaired) electrons. The summed E-state index contributed by atoms with van der Waals surface area (Å²) in [7, 11) is 3.31. The number of rotatable bonds is 5. The lowest BCUT2D eigenvalue weighted by Crippen LogP contribution is -1.88. The van der Waals surface area contributed by atoms with E-state index in [2.05, 4.69) is 4.98 Å². The van der Waals surface area contributed by atoms with Gasteiger partial charge in [-0.05, 0) is 72.1 Å². The minimum absolute atomic E-state index is 0.247. The Hall–Kier alpha value is -3.53. The van der Waals surface area contributed by atoms with Crippen LogP contribution in [0.25, 0.3) is 33.5 Å². The molecule has 0 fully saturated rings. The number of hydrogen-bond donors (Lipinski definition) is 1. The van der Waals surface area contributed by atoms with E-state index >= 15 is 0 Å². The molecule has 0 amide bonds. The van der Waals surface area contributed by atoms with E-state index in [-0.39, 0.29) is 5.82 Å². The number of aryl methyl sites for hydroxylation is 1. The summed E-state index contributed by atoms with van der Waals surface area (Å²) in [5, 5.41) is 0. The molecule has 0 spiro atoms. The molecule has 0 aliphatic carbocycles. The Morgan fingerprint density at radius 1 is 0.621 bits per heavy atom. The van der Waals surface area contributed by atoms with Gasteiger partial charge in [0.2, 0.25) is 0 Å². The maximum atomic E-state index is 13.5. The Morgan fingerprint density at radius 3 is 1.59 bits per heavy atom. The second-order valence-corrected chi connectivity index (χ2v) is 6.84. The van der Waals surface area contributed by atoms with Crippen molar-refractivity contribution >= 4 is 0 Å². The highest BCUT2D eigenvalue weighted by molar-refractivity contribution is 5.95. The highest BCUT2D eigenvalue weighted by Crippen LogP contribution is 2.42. The number of hydrogen-bond acceptors (Lipinski definition) is 2. The number of methoxy groups -OCH3 is 2. The Labute approximate surface area is 169 Å². The quantitative estimate of drug-likeness (QED) is 0.425. The van der Waals surface area contributed by atoms with Crippen LogP contribution in [0.3, 0.4) is 0 Å². The van der Waals surface area contributed by atoms with E-state index in [1.807, 2.05) is 67.6 Å². The van der Waals surface area contributed by atoms with Crippen molar-refractivity contribution in [2.75, 3.05) is 14.2 Å². The van der Waals surface area contributed by atoms with Gasteiger partial charge >= 0.3 is 0 Å². The van der Waals surface area contributed by atoms with Gasteiger partial charge in [0.1, 0.15) is 17.3 Å². The van der Waals surface area contributed by atoms with Crippen LogP contribution in [0.2, 0.25) is 0 Å². The van der Waals surface area contributed by atoms with E-state index in [4.69, 9.17) is 9.47 Å². The molecule has 3 nitrogen and oxygen atoms in total. The van der Waals surface area contributed by atoms with Crippen molar-refractivity contribution in [1.82, 2.24) is 4.98 Å². The molecule has 146 valence electrons. The molecule has 0 aliphatic rings. The van der Waals surface area contributed by atoms with Gasteiger partial charge in [-0.15, -0.1) is 0 Å². The monoisotopic (exact) mass is 387 g/mol. The summed E-state index contributed by atoms with van der Waals surface area (Å²) in [6.45, 7) is 2.04. The minimum Gasteiger partial charge on any atom is -0.497 e. The second-order valence-electron chi connectivity index (χ2n) is 6.84. The molecule has 0 atom stereocenters. The lowest BCUT2D eigenvalue weighted by atomic mass is 9.93. The minimum atomic E-state index is -0.247. The second kappa shape index (κ2) is 7.84. The Bertz CT molecular complexity index is 1110. The predicted molar refractivity (Wildman–Crippen MR) is 115 cm³/mol. The SMILES string of the molecule is COc1ccc(-c2[nH]c(C)c(-c3ccc(F)cc3)c2-c2ccc(OC)cc2)cc1. The Balaban J connectivity index is 1.94. The fourth-order valence-electron chi connectivity index (χ4n) is 3.62. The number of halogens is 1. The molecule has 4 aromatic rings. The van der Waals surface area contributed by atoms with Crippen molar-refractivity contribution in [2.24, 2.45) is 0 Å². The van der Waals surface area contributed by atoms with E-state index in [9.17, 15) is 4.39 Å². The van der Waals surface area contributed by atoms with Crippen molar-refractivity contribution < 1.29 is 13.9 Å². The number of benzene rings is 3. The molecule has 1 aromatic heterocycles. The van der Waals surface area contributed by atoms with E-state index < -0.39 is 0 Å². The fourth-order valence-corrected chi connectivity index (χ4v) is 3.62. The van der Waals surface area contributed by atoms with E-state index in [1.54, 1.807) is 14.2 Å². The van der Waals surface area contributed by atoms with Gasteiger partial charge in [-0.2, -0.15) is 0 Å². The highest BCUT2D eigenvalue weighted by atomic mass is 19.1. The zero-order valence-corrected chi connectivity index (χ0v) is 16.6. The Kier molecular flexibility index (Phi) is 5.09. The topological polar surface area (TPSA) is 34.2 Å². The van der Waals surface area contributed by atoms with Crippen molar-refractivity contribution in [3.63, 3.8) is 0 Å². The summed E-state index contributed by atoms with van der Waals surface area (Å²) in [6.07, 6.45) is 0. The van der Waals surface area contributed by atoms with Crippen LogP contribution in [0.4, 0.5) is 4.39 Å². The van der Waals surface area contributed by atoms with Crippen molar-refractivity contribution in [3.8, 4) is 45.0 Å². The summed E-state index contributed by atoms with van der Waals surface area (Å²) in [5.74, 6) is 1.36. The van der Waals surface area contributed by atoms with Crippen LogP contribution in [-0.2, 0) is 0 Å². The molecular formula is C25H22FNO2. The first-order valence-corrected chi connectivity index (χ1v) is 9.38. The molecule has 3 aromatic carbocycles. The zero-order valence-electron chi connectivity index (χ0n) is 16.6. The van der Waals surface area contributed by atoms with Crippen LogP contribution in [0.15, 0.2) is 72.8 Å².